The normalized spacial score (nSPS) is 10.6. The van der Waals surface area contributed by atoms with E-state index in [9.17, 15) is 0 Å². The van der Waals surface area contributed by atoms with Gasteiger partial charge >= 0.3 is 0 Å². The summed E-state index contributed by atoms with van der Waals surface area (Å²) >= 11 is 0. The minimum atomic E-state index is 0.727. The van der Waals surface area contributed by atoms with Gasteiger partial charge in [-0.25, -0.2) is 0 Å². The van der Waals surface area contributed by atoms with E-state index >= 15 is 0 Å². The molecule has 2 rings (SSSR count). The summed E-state index contributed by atoms with van der Waals surface area (Å²) in [6.07, 6.45) is 2.01. The second-order valence-electron chi connectivity index (χ2n) is 3.95. The van der Waals surface area contributed by atoms with E-state index in [2.05, 4.69) is 18.2 Å². The van der Waals surface area contributed by atoms with E-state index in [0.717, 1.165) is 36.5 Å². The van der Waals surface area contributed by atoms with Crippen LogP contribution in [0.1, 0.15) is 17.7 Å². The highest BCUT2D eigenvalue weighted by Gasteiger charge is 2.08. The maximum absolute atomic E-state index is 5.76. The Hall–Kier alpha value is -1.54. The molecule has 1 aromatic carbocycles. The predicted molar refractivity (Wildman–Crippen MR) is 66.3 cm³/mol. The van der Waals surface area contributed by atoms with Gasteiger partial charge in [0.25, 0.3) is 0 Å². The molecule has 0 aliphatic heterocycles. The van der Waals surface area contributed by atoms with Crippen LogP contribution in [0.5, 0.6) is 0 Å². The van der Waals surface area contributed by atoms with Crippen LogP contribution >= 0.6 is 0 Å². The Kier molecular flexibility index (Phi) is 3.42. The zero-order valence-corrected chi connectivity index (χ0v) is 9.57. The van der Waals surface area contributed by atoms with Gasteiger partial charge < -0.3 is 10.2 Å². The van der Waals surface area contributed by atoms with E-state index in [4.69, 9.17) is 10.2 Å². The molecule has 2 nitrogen and oxygen atoms in total. The lowest BCUT2D eigenvalue weighted by Crippen LogP contribution is -2.00. The molecule has 0 bridgehead atoms. The molecule has 1 heterocycles. The van der Waals surface area contributed by atoms with Gasteiger partial charge in [0.05, 0.1) is 0 Å². The maximum Gasteiger partial charge on any atom is 0.134 e. The van der Waals surface area contributed by atoms with Gasteiger partial charge in [0.1, 0.15) is 11.5 Å². The first-order valence-electron chi connectivity index (χ1n) is 5.66. The number of nitrogens with two attached hydrogens (primary N) is 1. The molecule has 0 saturated heterocycles. The minimum absolute atomic E-state index is 0.727. The molecule has 0 saturated carbocycles. The van der Waals surface area contributed by atoms with Gasteiger partial charge in [-0.05, 0) is 37.9 Å². The zero-order valence-electron chi connectivity index (χ0n) is 9.57. The molecule has 2 aromatic rings. The lowest BCUT2D eigenvalue weighted by Gasteiger charge is -1.94. The van der Waals surface area contributed by atoms with Crippen molar-refractivity contribution >= 4 is 0 Å². The average molecular weight is 215 g/mol. The van der Waals surface area contributed by atoms with E-state index in [1.54, 1.807) is 0 Å². The topological polar surface area (TPSA) is 39.2 Å². The van der Waals surface area contributed by atoms with Gasteiger partial charge in [0.2, 0.25) is 0 Å². The van der Waals surface area contributed by atoms with E-state index in [-0.39, 0.29) is 0 Å². The van der Waals surface area contributed by atoms with Gasteiger partial charge in [-0.1, -0.05) is 30.3 Å². The fraction of sp³-hybridized carbons (Fsp3) is 0.286. The van der Waals surface area contributed by atoms with Gasteiger partial charge in [0.15, 0.2) is 0 Å². The van der Waals surface area contributed by atoms with Crippen molar-refractivity contribution in [3.8, 4) is 11.3 Å². The van der Waals surface area contributed by atoms with Gasteiger partial charge in [-0.3, -0.25) is 0 Å². The summed E-state index contributed by atoms with van der Waals surface area (Å²) < 4.78 is 5.76. The second kappa shape index (κ2) is 4.99. The Morgan fingerprint density at radius 2 is 1.94 bits per heavy atom. The molecular formula is C14H17NO. The number of furan rings is 1. The standard InChI is InChI=1S/C14H17NO/c1-11-13(8-5-9-15)10-14(16-11)12-6-3-2-4-7-12/h2-4,6-7,10H,5,8-9,15H2,1H3. The number of hydrogen-bond donors (Lipinski definition) is 1. The van der Waals surface area contributed by atoms with Crippen molar-refractivity contribution in [2.24, 2.45) is 5.73 Å². The quantitative estimate of drug-likeness (QED) is 0.851. The van der Waals surface area contributed by atoms with Crippen LogP contribution in [0.15, 0.2) is 40.8 Å². The smallest absolute Gasteiger partial charge is 0.134 e. The van der Waals surface area contributed by atoms with E-state index in [1.807, 2.05) is 25.1 Å². The summed E-state index contributed by atoms with van der Waals surface area (Å²) in [5.74, 6) is 1.96. The molecule has 16 heavy (non-hydrogen) atoms. The molecule has 1 aromatic heterocycles. The van der Waals surface area contributed by atoms with Crippen molar-refractivity contribution in [2.45, 2.75) is 19.8 Å². The molecule has 2 N–H and O–H groups in total. The van der Waals surface area contributed by atoms with Crippen LogP contribution in [0.3, 0.4) is 0 Å². The van der Waals surface area contributed by atoms with Crippen molar-refractivity contribution in [3.05, 3.63) is 47.7 Å². The summed E-state index contributed by atoms with van der Waals surface area (Å²) in [6.45, 7) is 2.74. The number of benzene rings is 1. The Labute approximate surface area is 96.1 Å². The first-order valence-corrected chi connectivity index (χ1v) is 5.66. The van der Waals surface area contributed by atoms with Gasteiger partial charge in [-0.15, -0.1) is 0 Å². The van der Waals surface area contributed by atoms with Gasteiger partial charge in [-0.2, -0.15) is 0 Å². The van der Waals surface area contributed by atoms with Gasteiger partial charge in [0, 0.05) is 5.56 Å². The van der Waals surface area contributed by atoms with E-state index in [1.165, 1.54) is 5.56 Å². The van der Waals surface area contributed by atoms with Crippen LogP contribution in [0, 0.1) is 6.92 Å². The molecule has 0 unspecified atom stereocenters. The van der Waals surface area contributed by atoms with Crippen molar-refractivity contribution in [1.82, 2.24) is 0 Å². The van der Waals surface area contributed by atoms with Crippen molar-refractivity contribution in [1.29, 1.82) is 0 Å². The minimum Gasteiger partial charge on any atom is -0.461 e. The third kappa shape index (κ3) is 2.34. The molecule has 0 fully saturated rings. The lowest BCUT2D eigenvalue weighted by molar-refractivity contribution is 0.542. The van der Waals surface area contributed by atoms with Crippen LogP contribution in [0.25, 0.3) is 11.3 Å². The SMILES string of the molecule is Cc1oc(-c2ccccc2)cc1CCCN. The Balaban J connectivity index is 2.24. The van der Waals surface area contributed by atoms with Crippen molar-refractivity contribution in [3.63, 3.8) is 0 Å². The third-order valence-electron chi connectivity index (χ3n) is 2.73. The highest BCUT2D eigenvalue weighted by Crippen LogP contribution is 2.25. The lowest BCUT2D eigenvalue weighted by atomic mass is 10.1. The van der Waals surface area contributed by atoms with Crippen LogP contribution < -0.4 is 5.73 Å². The summed E-state index contributed by atoms with van der Waals surface area (Å²) in [5, 5.41) is 0. The van der Waals surface area contributed by atoms with Crippen molar-refractivity contribution < 1.29 is 4.42 Å². The second-order valence-corrected chi connectivity index (χ2v) is 3.95. The molecule has 0 atom stereocenters. The van der Waals surface area contributed by atoms with Crippen LogP contribution in [0.2, 0.25) is 0 Å². The molecule has 0 aliphatic rings. The molecule has 0 aliphatic carbocycles. The number of hydrogen-bond acceptors (Lipinski definition) is 2. The third-order valence-corrected chi connectivity index (χ3v) is 2.73. The zero-order chi connectivity index (χ0) is 11.4. The van der Waals surface area contributed by atoms with E-state index < -0.39 is 0 Å². The predicted octanol–water partition coefficient (Wildman–Crippen LogP) is 3.15. The molecular weight excluding hydrogens is 198 g/mol. The Morgan fingerprint density at radius 3 is 2.62 bits per heavy atom. The fourth-order valence-electron chi connectivity index (χ4n) is 1.81. The Bertz CT molecular complexity index is 445. The number of aryl methyl sites for hydroxylation is 2. The first-order chi connectivity index (χ1) is 7.81. The maximum atomic E-state index is 5.76. The molecule has 2 heteroatoms. The first kappa shape index (κ1) is 11.0. The molecule has 0 radical (unpaired) electrons. The Morgan fingerprint density at radius 1 is 1.19 bits per heavy atom. The highest BCUT2D eigenvalue weighted by molar-refractivity contribution is 5.58. The summed E-state index contributed by atoms with van der Waals surface area (Å²) in [6, 6.07) is 12.3. The van der Waals surface area contributed by atoms with Crippen molar-refractivity contribution in [2.75, 3.05) is 6.54 Å². The fourth-order valence-corrected chi connectivity index (χ4v) is 1.81. The van der Waals surface area contributed by atoms with Crippen LogP contribution in [0.4, 0.5) is 0 Å². The molecule has 0 amide bonds. The summed E-state index contributed by atoms with van der Waals surface area (Å²) in [7, 11) is 0. The van der Waals surface area contributed by atoms with E-state index in [0.29, 0.717) is 0 Å². The molecule has 0 spiro atoms. The number of rotatable bonds is 4. The molecule has 84 valence electrons. The monoisotopic (exact) mass is 215 g/mol. The average Bonchev–Trinajstić information content (AvgIpc) is 2.69. The van der Waals surface area contributed by atoms with Crippen LogP contribution in [-0.4, -0.2) is 6.54 Å². The highest BCUT2D eigenvalue weighted by atomic mass is 16.3. The summed E-state index contributed by atoms with van der Waals surface area (Å²) in [4.78, 5) is 0. The summed E-state index contributed by atoms with van der Waals surface area (Å²) in [5.41, 5.74) is 7.91. The largest absolute Gasteiger partial charge is 0.461 e. The van der Waals surface area contributed by atoms with Crippen LogP contribution in [-0.2, 0) is 6.42 Å².